The summed E-state index contributed by atoms with van der Waals surface area (Å²) in [6, 6.07) is 18.6. The molecular formula is C17H16ClNO. The average Bonchev–Trinajstić information content (AvgIpc) is 2.48. The molecule has 20 heavy (non-hydrogen) atoms. The van der Waals surface area contributed by atoms with Crippen LogP contribution in [-0.4, -0.2) is 16.8 Å². The minimum Gasteiger partial charge on any atom is -0.322 e. The van der Waals surface area contributed by atoms with E-state index in [1.54, 1.807) is 4.90 Å². The molecule has 0 bridgehead atoms. The molecule has 3 rings (SSSR count). The quantitative estimate of drug-likeness (QED) is 0.598. The topological polar surface area (TPSA) is 20.3 Å². The van der Waals surface area contributed by atoms with Crippen LogP contribution in [0.4, 0.5) is 4.79 Å². The third-order valence-electron chi connectivity index (χ3n) is 3.91. The number of amides is 1. The molecule has 1 aliphatic heterocycles. The van der Waals surface area contributed by atoms with Gasteiger partial charge in [0, 0.05) is 6.54 Å². The normalized spacial score (nSPS) is 17.6. The summed E-state index contributed by atoms with van der Waals surface area (Å²) in [5.41, 5.74) is 3.76. The molecule has 102 valence electrons. The molecule has 0 saturated carbocycles. The fourth-order valence-electron chi connectivity index (χ4n) is 2.92. The molecule has 3 heteroatoms. The van der Waals surface area contributed by atoms with Gasteiger partial charge in [0.05, 0.1) is 6.04 Å². The molecule has 2 aromatic carbocycles. The van der Waals surface area contributed by atoms with Crippen LogP contribution >= 0.6 is 11.6 Å². The first-order chi connectivity index (χ1) is 9.75. The summed E-state index contributed by atoms with van der Waals surface area (Å²) in [6.07, 6.45) is 1.68. The number of halogens is 1. The van der Waals surface area contributed by atoms with Crippen molar-refractivity contribution in [1.82, 2.24) is 4.90 Å². The van der Waals surface area contributed by atoms with Crippen LogP contribution in [0.5, 0.6) is 0 Å². The van der Waals surface area contributed by atoms with Crippen molar-refractivity contribution in [2.75, 3.05) is 6.54 Å². The van der Waals surface area contributed by atoms with E-state index in [1.165, 1.54) is 16.7 Å². The van der Waals surface area contributed by atoms with Crippen molar-refractivity contribution in [3.05, 3.63) is 71.3 Å². The van der Waals surface area contributed by atoms with Gasteiger partial charge in [-0.25, -0.2) is 0 Å². The van der Waals surface area contributed by atoms with Gasteiger partial charge in [-0.2, -0.15) is 0 Å². The summed E-state index contributed by atoms with van der Waals surface area (Å²) < 4.78 is 0. The zero-order chi connectivity index (χ0) is 13.9. The van der Waals surface area contributed by atoms with Crippen molar-refractivity contribution >= 4 is 17.0 Å². The predicted molar refractivity (Wildman–Crippen MR) is 81.0 cm³/mol. The van der Waals surface area contributed by atoms with Gasteiger partial charge in [0.1, 0.15) is 0 Å². The third-order valence-corrected chi connectivity index (χ3v) is 4.13. The Morgan fingerprint density at radius 3 is 2.55 bits per heavy atom. The van der Waals surface area contributed by atoms with Gasteiger partial charge in [0.25, 0.3) is 0 Å². The predicted octanol–water partition coefficient (Wildman–Crippen LogP) is 4.19. The Morgan fingerprint density at radius 1 is 1.10 bits per heavy atom. The standard InChI is InChI=1S/C17H16ClNO/c18-17(20)19-11-10-14-8-4-5-9-15(14)16(19)12-13-6-2-1-3-7-13/h1-9,16H,10-12H2. The zero-order valence-corrected chi connectivity index (χ0v) is 11.9. The average molecular weight is 286 g/mol. The molecule has 0 spiro atoms. The number of carbonyl (C=O) groups is 1. The van der Waals surface area contributed by atoms with E-state index in [4.69, 9.17) is 11.6 Å². The molecule has 1 unspecified atom stereocenters. The second-order valence-corrected chi connectivity index (χ2v) is 5.42. The molecule has 2 aromatic rings. The van der Waals surface area contributed by atoms with E-state index >= 15 is 0 Å². The van der Waals surface area contributed by atoms with E-state index in [0.29, 0.717) is 6.54 Å². The Morgan fingerprint density at radius 2 is 1.80 bits per heavy atom. The molecule has 0 aliphatic carbocycles. The first kappa shape index (κ1) is 13.2. The number of nitrogens with zero attached hydrogens (tertiary/aromatic N) is 1. The van der Waals surface area contributed by atoms with Crippen molar-refractivity contribution in [2.24, 2.45) is 0 Å². The number of hydrogen-bond acceptors (Lipinski definition) is 1. The van der Waals surface area contributed by atoms with Gasteiger partial charge < -0.3 is 4.90 Å². The maximum absolute atomic E-state index is 11.7. The van der Waals surface area contributed by atoms with Gasteiger partial charge in [-0.3, -0.25) is 4.79 Å². The van der Waals surface area contributed by atoms with Crippen LogP contribution in [0.1, 0.15) is 22.7 Å². The third kappa shape index (κ3) is 2.56. The molecular weight excluding hydrogens is 270 g/mol. The Labute approximate surface area is 124 Å². The van der Waals surface area contributed by atoms with E-state index in [0.717, 1.165) is 12.8 Å². The van der Waals surface area contributed by atoms with Crippen molar-refractivity contribution in [2.45, 2.75) is 18.9 Å². The summed E-state index contributed by atoms with van der Waals surface area (Å²) in [6.45, 7) is 0.691. The van der Waals surface area contributed by atoms with Crippen LogP contribution in [0, 0.1) is 0 Å². The molecule has 1 aliphatic rings. The summed E-state index contributed by atoms with van der Waals surface area (Å²) in [4.78, 5) is 13.5. The molecule has 0 aromatic heterocycles. The van der Waals surface area contributed by atoms with Gasteiger partial charge in [-0.1, -0.05) is 54.6 Å². The molecule has 1 heterocycles. The van der Waals surface area contributed by atoms with Crippen LogP contribution in [0.3, 0.4) is 0 Å². The Hall–Kier alpha value is -1.80. The summed E-state index contributed by atoms with van der Waals surface area (Å²) in [5, 5.41) is -0.361. The van der Waals surface area contributed by atoms with Crippen LogP contribution in [0.2, 0.25) is 0 Å². The van der Waals surface area contributed by atoms with Crippen molar-refractivity contribution in [3.63, 3.8) is 0 Å². The Bertz CT molecular complexity index is 611. The summed E-state index contributed by atoms with van der Waals surface area (Å²) in [5.74, 6) is 0. The lowest BCUT2D eigenvalue weighted by Gasteiger charge is -2.36. The minimum absolute atomic E-state index is 0.0346. The monoisotopic (exact) mass is 285 g/mol. The molecule has 1 amide bonds. The maximum atomic E-state index is 11.7. The fraction of sp³-hybridized carbons (Fsp3) is 0.235. The fourth-order valence-corrected chi connectivity index (χ4v) is 3.12. The maximum Gasteiger partial charge on any atom is 0.316 e. The van der Waals surface area contributed by atoms with Gasteiger partial charge in [-0.15, -0.1) is 0 Å². The summed E-state index contributed by atoms with van der Waals surface area (Å²) in [7, 11) is 0. The van der Waals surface area contributed by atoms with Gasteiger partial charge in [-0.05, 0) is 41.1 Å². The largest absolute Gasteiger partial charge is 0.322 e. The van der Waals surface area contributed by atoms with E-state index in [2.05, 4.69) is 30.3 Å². The van der Waals surface area contributed by atoms with Crippen LogP contribution in [0.25, 0.3) is 0 Å². The molecule has 0 N–H and O–H groups in total. The van der Waals surface area contributed by atoms with E-state index < -0.39 is 0 Å². The van der Waals surface area contributed by atoms with Crippen molar-refractivity contribution in [3.8, 4) is 0 Å². The van der Waals surface area contributed by atoms with Crippen molar-refractivity contribution in [1.29, 1.82) is 0 Å². The zero-order valence-electron chi connectivity index (χ0n) is 11.1. The highest BCUT2D eigenvalue weighted by Gasteiger charge is 2.29. The smallest absolute Gasteiger partial charge is 0.316 e. The lowest BCUT2D eigenvalue weighted by Crippen LogP contribution is -2.38. The minimum atomic E-state index is -0.361. The van der Waals surface area contributed by atoms with Crippen LogP contribution in [-0.2, 0) is 12.8 Å². The summed E-state index contributed by atoms with van der Waals surface area (Å²) >= 11 is 5.77. The SMILES string of the molecule is O=C(Cl)N1CCc2ccccc2C1Cc1ccccc1. The van der Waals surface area contributed by atoms with Crippen LogP contribution in [0.15, 0.2) is 54.6 Å². The van der Waals surface area contributed by atoms with Crippen molar-refractivity contribution < 1.29 is 4.79 Å². The molecule has 2 nitrogen and oxygen atoms in total. The second-order valence-electron chi connectivity index (χ2n) is 5.10. The van der Waals surface area contributed by atoms with E-state index in [9.17, 15) is 4.79 Å². The van der Waals surface area contributed by atoms with E-state index in [-0.39, 0.29) is 11.4 Å². The molecule has 0 fully saturated rings. The second kappa shape index (κ2) is 5.68. The van der Waals surface area contributed by atoms with Gasteiger partial charge >= 0.3 is 5.37 Å². The first-order valence-electron chi connectivity index (χ1n) is 6.83. The van der Waals surface area contributed by atoms with E-state index in [1.807, 2.05) is 24.3 Å². The van der Waals surface area contributed by atoms with Crippen LogP contribution < -0.4 is 0 Å². The number of fused-ring (bicyclic) bond motifs is 1. The highest BCUT2D eigenvalue weighted by molar-refractivity contribution is 6.62. The van der Waals surface area contributed by atoms with Gasteiger partial charge in [0.2, 0.25) is 0 Å². The highest BCUT2D eigenvalue weighted by Crippen LogP contribution is 2.33. The highest BCUT2D eigenvalue weighted by atomic mass is 35.5. The number of carbonyl (C=O) groups excluding carboxylic acids is 1. The molecule has 0 radical (unpaired) electrons. The first-order valence-corrected chi connectivity index (χ1v) is 7.21. The number of hydrogen-bond donors (Lipinski definition) is 0. The molecule has 1 atom stereocenters. The number of benzene rings is 2. The Balaban J connectivity index is 1.97. The Kier molecular flexibility index (Phi) is 3.75. The van der Waals surface area contributed by atoms with Gasteiger partial charge in [0.15, 0.2) is 0 Å². The lowest BCUT2D eigenvalue weighted by atomic mass is 9.89. The number of rotatable bonds is 2. The molecule has 0 saturated heterocycles. The lowest BCUT2D eigenvalue weighted by molar-refractivity contribution is 0.192.